The van der Waals surface area contributed by atoms with E-state index in [1.807, 2.05) is 54.6 Å². The first-order valence-electron chi connectivity index (χ1n) is 12.1. The van der Waals surface area contributed by atoms with Gasteiger partial charge in [0.25, 0.3) is 0 Å². The topological polar surface area (TPSA) is 65.0 Å². The van der Waals surface area contributed by atoms with E-state index >= 15 is 0 Å². The van der Waals surface area contributed by atoms with Crippen molar-refractivity contribution < 1.29 is 19.1 Å². The van der Waals surface area contributed by atoms with Gasteiger partial charge in [0, 0.05) is 21.1 Å². The largest absolute Gasteiger partial charge is 0.462 e. The number of esters is 2. The Labute approximate surface area is 227 Å². The zero-order valence-electron chi connectivity index (χ0n) is 20.2. The van der Waals surface area contributed by atoms with Gasteiger partial charge < -0.3 is 9.47 Å². The molecule has 0 saturated carbocycles. The Morgan fingerprint density at radius 2 is 1.73 bits per heavy atom. The Bertz CT molecular complexity index is 1480. The number of rotatable bonds is 7. The number of halogens is 1. The molecule has 0 amide bonds. The normalized spacial score (nSPS) is 12.5. The minimum Gasteiger partial charge on any atom is -0.462 e. The van der Waals surface area contributed by atoms with Crippen LogP contribution < -0.4 is 4.74 Å². The molecule has 3 aromatic carbocycles. The molecule has 0 atom stereocenters. The van der Waals surface area contributed by atoms with Gasteiger partial charge in [0.15, 0.2) is 0 Å². The van der Waals surface area contributed by atoms with Crippen molar-refractivity contribution in [2.24, 2.45) is 4.99 Å². The molecular weight excluding hydrogens is 550 g/mol. The number of carbonyl (C=O) groups excluding carboxylic acids is 2. The molecule has 5 rings (SSSR count). The van der Waals surface area contributed by atoms with E-state index in [0.29, 0.717) is 34.0 Å². The van der Waals surface area contributed by atoms with Crippen molar-refractivity contribution in [1.82, 2.24) is 0 Å². The number of fused-ring (bicyclic) bond motifs is 1. The SMILES string of the molecule is CCOC(=O)c1c(/N=C/c2cc(Br)ccc2OC(=O)c2ccc(-c3ccccc3)cc2)sc2c1CCC2. The number of hydrogen-bond acceptors (Lipinski definition) is 6. The van der Waals surface area contributed by atoms with E-state index < -0.39 is 5.97 Å². The summed E-state index contributed by atoms with van der Waals surface area (Å²) in [4.78, 5) is 31.5. The second-order valence-electron chi connectivity index (χ2n) is 8.53. The van der Waals surface area contributed by atoms with Crippen molar-refractivity contribution in [3.63, 3.8) is 0 Å². The molecule has 0 N–H and O–H groups in total. The van der Waals surface area contributed by atoms with Crippen LogP contribution in [0.1, 0.15) is 50.1 Å². The molecule has 5 nitrogen and oxygen atoms in total. The van der Waals surface area contributed by atoms with Gasteiger partial charge in [-0.2, -0.15) is 0 Å². The Balaban J connectivity index is 1.39. The molecule has 0 saturated heterocycles. The third-order valence-corrected chi connectivity index (χ3v) is 7.80. The highest BCUT2D eigenvalue weighted by atomic mass is 79.9. The minimum atomic E-state index is -0.459. The van der Waals surface area contributed by atoms with Crippen LogP contribution in [0.2, 0.25) is 0 Å². The molecule has 0 radical (unpaired) electrons. The molecule has 0 fully saturated rings. The number of thiophene rings is 1. The van der Waals surface area contributed by atoms with Crippen molar-refractivity contribution in [2.75, 3.05) is 6.61 Å². The van der Waals surface area contributed by atoms with Gasteiger partial charge in [0.2, 0.25) is 0 Å². The highest BCUT2D eigenvalue weighted by molar-refractivity contribution is 9.10. The van der Waals surface area contributed by atoms with Crippen molar-refractivity contribution in [2.45, 2.75) is 26.2 Å². The van der Waals surface area contributed by atoms with Gasteiger partial charge in [0.05, 0.1) is 17.7 Å². The number of aliphatic imine (C=N–C) groups is 1. The van der Waals surface area contributed by atoms with Crippen molar-refractivity contribution >= 4 is 50.4 Å². The molecule has 0 unspecified atom stereocenters. The van der Waals surface area contributed by atoms with Crippen LogP contribution in [-0.2, 0) is 17.6 Å². The highest BCUT2D eigenvalue weighted by Gasteiger charge is 2.27. The summed E-state index contributed by atoms with van der Waals surface area (Å²) < 4.78 is 11.9. The summed E-state index contributed by atoms with van der Waals surface area (Å²) >= 11 is 5.01. The minimum absolute atomic E-state index is 0.310. The summed E-state index contributed by atoms with van der Waals surface area (Å²) in [5.74, 6) is -0.418. The van der Waals surface area contributed by atoms with Crippen LogP contribution in [0.25, 0.3) is 11.1 Å². The van der Waals surface area contributed by atoms with E-state index in [0.717, 1.165) is 40.4 Å². The first-order chi connectivity index (χ1) is 18.0. The van der Waals surface area contributed by atoms with Gasteiger partial charge in [-0.1, -0.05) is 58.4 Å². The number of benzene rings is 3. The molecule has 1 aliphatic rings. The maximum absolute atomic E-state index is 12.9. The molecule has 1 aromatic heterocycles. The molecule has 1 heterocycles. The fraction of sp³-hybridized carbons (Fsp3) is 0.167. The number of nitrogens with zero attached hydrogens (tertiary/aromatic N) is 1. The van der Waals surface area contributed by atoms with Crippen LogP contribution in [0.15, 0.2) is 82.3 Å². The summed E-state index contributed by atoms with van der Waals surface area (Å²) in [5.41, 5.74) is 4.78. The predicted octanol–water partition coefficient (Wildman–Crippen LogP) is 7.81. The van der Waals surface area contributed by atoms with Gasteiger partial charge >= 0.3 is 11.9 Å². The lowest BCUT2D eigenvalue weighted by Gasteiger charge is -2.09. The molecule has 0 spiro atoms. The van der Waals surface area contributed by atoms with Crippen molar-refractivity contribution in [3.05, 3.63) is 104 Å². The monoisotopic (exact) mass is 573 g/mol. The first-order valence-corrected chi connectivity index (χ1v) is 13.7. The molecule has 4 aromatic rings. The maximum atomic E-state index is 12.9. The van der Waals surface area contributed by atoms with Crippen LogP contribution in [0.5, 0.6) is 5.75 Å². The molecule has 0 aliphatic heterocycles. The van der Waals surface area contributed by atoms with E-state index in [1.165, 1.54) is 16.2 Å². The van der Waals surface area contributed by atoms with E-state index in [2.05, 4.69) is 20.9 Å². The summed E-state index contributed by atoms with van der Waals surface area (Å²) in [6.07, 6.45) is 4.48. The third kappa shape index (κ3) is 5.58. The Morgan fingerprint density at radius 1 is 0.973 bits per heavy atom. The van der Waals surface area contributed by atoms with Gasteiger partial charge in [-0.25, -0.2) is 14.6 Å². The Hall–Kier alpha value is -3.55. The summed E-state index contributed by atoms with van der Waals surface area (Å²) in [7, 11) is 0. The van der Waals surface area contributed by atoms with Crippen molar-refractivity contribution in [1.29, 1.82) is 0 Å². The quantitative estimate of drug-likeness (QED) is 0.128. The van der Waals surface area contributed by atoms with E-state index in [9.17, 15) is 9.59 Å². The summed E-state index contributed by atoms with van der Waals surface area (Å²) in [6, 6.07) is 22.7. The zero-order valence-corrected chi connectivity index (χ0v) is 22.6. The first kappa shape index (κ1) is 25.1. The Kier molecular flexibility index (Phi) is 7.63. The molecule has 7 heteroatoms. The molecule has 1 aliphatic carbocycles. The number of ether oxygens (including phenoxy) is 2. The maximum Gasteiger partial charge on any atom is 0.343 e. The second kappa shape index (κ2) is 11.2. The highest BCUT2D eigenvalue weighted by Crippen LogP contribution is 2.41. The summed E-state index contributed by atoms with van der Waals surface area (Å²) in [5, 5.41) is 0.622. The average molecular weight is 574 g/mol. The molecule has 0 bridgehead atoms. The lowest BCUT2D eigenvalue weighted by molar-refractivity contribution is 0.0526. The van der Waals surface area contributed by atoms with Gasteiger partial charge in [0.1, 0.15) is 10.8 Å². The molecular formula is C30H24BrNO4S. The van der Waals surface area contributed by atoms with E-state index in [4.69, 9.17) is 9.47 Å². The van der Waals surface area contributed by atoms with E-state index in [1.54, 1.807) is 31.3 Å². The van der Waals surface area contributed by atoms with Crippen LogP contribution in [0.3, 0.4) is 0 Å². The van der Waals surface area contributed by atoms with Gasteiger partial charge in [-0.3, -0.25) is 0 Å². The third-order valence-electron chi connectivity index (χ3n) is 6.11. The Morgan fingerprint density at radius 3 is 2.49 bits per heavy atom. The number of carbonyl (C=O) groups is 2. The fourth-order valence-corrected chi connectivity index (χ4v) is 5.92. The average Bonchev–Trinajstić information content (AvgIpc) is 3.50. The van der Waals surface area contributed by atoms with Gasteiger partial charge in [-0.05, 0) is 73.2 Å². The predicted molar refractivity (Wildman–Crippen MR) is 151 cm³/mol. The van der Waals surface area contributed by atoms with E-state index in [-0.39, 0.29) is 5.97 Å². The fourth-order valence-electron chi connectivity index (χ4n) is 4.32. The van der Waals surface area contributed by atoms with Crippen LogP contribution in [-0.4, -0.2) is 24.8 Å². The standard InChI is InChI=1S/C30H24BrNO4S/c1-2-35-30(34)27-24-9-6-10-26(24)37-28(27)32-18-22-17-23(31)15-16-25(22)36-29(33)21-13-11-20(12-14-21)19-7-4-3-5-8-19/h3-5,7-8,11-18H,2,6,9-10H2,1H3/b32-18+. The number of hydrogen-bond donors (Lipinski definition) is 0. The summed E-state index contributed by atoms with van der Waals surface area (Å²) in [6.45, 7) is 2.11. The van der Waals surface area contributed by atoms with Crippen LogP contribution >= 0.6 is 27.3 Å². The van der Waals surface area contributed by atoms with Gasteiger partial charge in [-0.15, -0.1) is 11.3 Å². The molecule has 186 valence electrons. The lowest BCUT2D eigenvalue weighted by atomic mass is 10.0. The lowest BCUT2D eigenvalue weighted by Crippen LogP contribution is -2.09. The smallest absolute Gasteiger partial charge is 0.343 e. The van der Waals surface area contributed by atoms with Crippen LogP contribution in [0.4, 0.5) is 5.00 Å². The van der Waals surface area contributed by atoms with Crippen molar-refractivity contribution in [3.8, 4) is 16.9 Å². The van der Waals surface area contributed by atoms with Crippen LogP contribution in [0, 0.1) is 0 Å². The number of aryl methyl sites for hydroxylation is 1. The zero-order chi connectivity index (χ0) is 25.8. The second-order valence-corrected chi connectivity index (χ2v) is 10.5. The molecule has 37 heavy (non-hydrogen) atoms.